The van der Waals surface area contributed by atoms with Gasteiger partial charge in [0.05, 0.1) is 16.6 Å². The van der Waals surface area contributed by atoms with Crippen LogP contribution < -0.4 is 9.62 Å². The molecule has 0 aliphatic rings. The number of nitrogens with zero attached hydrogens (tertiary/aromatic N) is 1. The first-order chi connectivity index (χ1) is 17.8. The van der Waals surface area contributed by atoms with E-state index in [-0.39, 0.29) is 11.4 Å². The molecule has 4 aromatic carbocycles. The largest absolute Gasteiger partial charge is 0.344 e. The van der Waals surface area contributed by atoms with E-state index >= 15 is 0 Å². The molecule has 0 unspecified atom stereocenters. The minimum absolute atomic E-state index is 0.136. The Morgan fingerprint density at radius 1 is 0.784 bits per heavy atom. The molecule has 190 valence electrons. The monoisotopic (exact) mass is 530 g/mol. The summed E-state index contributed by atoms with van der Waals surface area (Å²) in [6.45, 7) is 3.59. The lowest BCUT2D eigenvalue weighted by molar-refractivity contribution is -0.120. The van der Waals surface area contributed by atoms with Gasteiger partial charge in [-0.15, -0.1) is 11.8 Å². The average molecular weight is 531 g/mol. The number of benzene rings is 4. The normalized spacial score (nSPS) is 12.1. The topological polar surface area (TPSA) is 66.5 Å². The second-order valence-corrected chi connectivity index (χ2v) is 11.6. The molecule has 0 aromatic heterocycles. The lowest BCUT2D eigenvalue weighted by atomic mass is 9.98. The maximum absolute atomic E-state index is 13.8. The summed E-state index contributed by atoms with van der Waals surface area (Å²) in [5.74, 6) is -0.403. The van der Waals surface area contributed by atoms with Gasteiger partial charge in [-0.2, -0.15) is 0 Å². The molecule has 0 spiro atoms. The summed E-state index contributed by atoms with van der Waals surface area (Å²) in [6.07, 6.45) is 1.93. The smallest absolute Gasteiger partial charge is 0.264 e. The molecule has 4 aromatic rings. The Morgan fingerprint density at radius 2 is 1.32 bits per heavy atom. The van der Waals surface area contributed by atoms with Gasteiger partial charge in [0.25, 0.3) is 10.0 Å². The Hall–Kier alpha value is -3.55. The molecule has 1 N–H and O–H groups in total. The number of nitrogens with one attached hydrogen (secondary N) is 1. The number of sulfonamides is 1. The highest BCUT2D eigenvalue weighted by Crippen LogP contribution is 2.27. The van der Waals surface area contributed by atoms with Crippen molar-refractivity contribution in [3.63, 3.8) is 0 Å². The van der Waals surface area contributed by atoms with Gasteiger partial charge in [-0.25, -0.2) is 8.42 Å². The Bertz CT molecular complexity index is 1440. The van der Waals surface area contributed by atoms with Crippen LogP contribution in [0.4, 0.5) is 5.69 Å². The van der Waals surface area contributed by atoms with Crippen LogP contribution >= 0.6 is 11.8 Å². The van der Waals surface area contributed by atoms with E-state index < -0.39 is 22.0 Å². The third-order valence-electron chi connectivity index (χ3n) is 6.11. The standard InChI is InChI=1S/C30H30N2O3S2/c1-22-9-13-25(14-10-22)30(24-7-5-4-6-8-24)31-29(33)21-32(26-15-11-23(2)12-16-26)37(34,35)28-19-17-27(36-3)18-20-28/h4-20,30H,21H2,1-3H3,(H,31,33)/t30-/m1/s1. The maximum atomic E-state index is 13.8. The van der Waals surface area contributed by atoms with Crippen molar-refractivity contribution in [2.75, 3.05) is 17.1 Å². The third-order valence-corrected chi connectivity index (χ3v) is 8.64. The van der Waals surface area contributed by atoms with E-state index in [1.807, 2.05) is 86.8 Å². The quantitative estimate of drug-likeness (QED) is 0.265. The molecule has 0 fully saturated rings. The summed E-state index contributed by atoms with van der Waals surface area (Å²) in [5, 5.41) is 3.07. The first-order valence-corrected chi connectivity index (χ1v) is 14.6. The molecule has 0 heterocycles. The number of anilines is 1. The minimum Gasteiger partial charge on any atom is -0.344 e. The highest BCUT2D eigenvalue weighted by Gasteiger charge is 2.28. The molecule has 4 rings (SSSR count). The van der Waals surface area contributed by atoms with Crippen LogP contribution in [0.1, 0.15) is 28.3 Å². The number of carbonyl (C=O) groups excluding carboxylic acids is 1. The zero-order valence-corrected chi connectivity index (χ0v) is 22.7. The summed E-state index contributed by atoms with van der Waals surface area (Å²) in [7, 11) is -3.99. The van der Waals surface area contributed by atoms with Crippen molar-refractivity contribution in [3.8, 4) is 0 Å². The number of aryl methyl sites for hydroxylation is 2. The molecule has 0 aliphatic heterocycles. The molecule has 0 aliphatic carbocycles. The van der Waals surface area contributed by atoms with Gasteiger partial charge in [0.15, 0.2) is 0 Å². The summed E-state index contributed by atoms with van der Waals surface area (Å²) in [4.78, 5) is 14.6. The molecule has 1 amide bonds. The lowest BCUT2D eigenvalue weighted by Gasteiger charge is -2.26. The van der Waals surface area contributed by atoms with Gasteiger partial charge in [-0.1, -0.05) is 77.9 Å². The van der Waals surface area contributed by atoms with Crippen molar-refractivity contribution in [2.24, 2.45) is 0 Å². The predicted octanol–water partition coefficient (Wildman–Crippen LogP) is 6.13. The van der Waals surface area contributed by atoms with Crippen LogP contribution in [-0.2, 0) is 14.8 Å². The highest BCUT2D eigenvalue weighted by atomic mass is 32.2. The van der Waals surface area contributed by atoms with Crippen molar-refractivity contribution in [1.82, 2.24) is 5.32 Å². The van der Waals surface area contributed by atoms with Crippen molar-refractivity contribution in [1.29, 1.82) is 0 Å². The predicted molar refractivity (Wildman–Crippen MR) is 152 cm³/mol. The second-order valence-electron chi connectivity index (χ2n) is 8.84. The fraction of sp³-hybridized carbons (Fsp3) is 0.167. The third kappa shape index (κ3) is 6.42. The summed E-state index contributed by atoms with van der Waals surface area (Å²) < 4.78 is 28.7. The number of thioether (sulfide) groups is 1. The van der Waals surface area contributed by atoms with Crippen LogP contribution in [0.25, 0.3) is 0 Å². The fourth-order valence-electron chi connectivity index (χ4n) is 4.00. The van der Waals surface area contributed by atoms with E-state index in [2.05, 4.69) is 5.32 Å². The molecular weight excluding hydrogens is 500 g/mol. The molecular formula is C30H30N2O3S2. The Labute approximate surface area is 223 Å². The number of hydrogen-bond acceptors (Lipinski definition) is 4. The van der Waals surface area contributed by atoms with Gasteiger partial charge in [0.1, 0.15) is 6.54 Å². The van der Waals surface area contributed by atoms with Gasteiger partial charge in [-0.3, -0.25) is 9.10 Å². The lowest BCUT2D eigenvalue weighted by Crippen LogP contribution is -2.42. The van der Waals surface area contributed by atoms with Crippen LogP contribution in [0.2, 0.25) is 0 Å². The van der Waals surface area contributed by atoms with Gasteiger partial charge in [-0.05, 0) is 67.6 Å². The van der Waals surface area contributed by atoms with Gasteiger partial charge in [0.2, 0.25) is 5.91 Å². The number of amides is 1. The number of carbonyl (C=O) groups is 1. The van der Waals surface area contributed by atoms with E-state index in [9.17, 15) is 13.2 Å². The van der Waals surface area contributed by atoms with Crippen LogP contribution in [0.3, 0.4) is 0 Å². The minimum atomic E-state index is -3.99. The van der Waals surface area contributed by atoms with Crippen molar-refractivity contribution in [2.45, 2.75) is 29.7 Å². The highest BCUT2D eigenvalue weighted by molar-refractivity contribution is 7.98. The van der Waals surface area contributed by atoms with E-state index in [0.717, 1.165) is 27.1 Å². The molecule has 1 atom stereocenters. The van der Waals surface area contributed by atoms with Crippen LogP contribution in [0.5, 0.6) is 0 Å². The SMILES string of the molecule is CSc1ccc(S(=O)(=O)N(CC(=O)N[C@H](c2ccccc2)c2ccc(C)cc2)c2ccc(C)cc2)cc1. The molecule has 0 radical (unpaired) electrons. The van der Waals surface area contributed by atoms with Crippen molar-refractivity contribution < 1.29 is 13.2 Å². The van der Waals surface area contributed by atoms with Crippen LogP contribution in [0, 0.1) is 13.8 Å². The van der Waals surface area contributed by atoms with E-state index in [0.29, 0.717) is 5.69 Å². The molecule has 0 saturated heterocycles. The molecule has 7 heteroatoms. The zero-order chi connectivity index (χ0) is 26.4. The Balaban J connectivity index is 1.67. The van der Waals surface area contributed by atoms with Crippen LogP contribution in [-0.4, -0.2) is 27.1 Å². The van der Waals surface area contributed by atoms with Crippen molar-refractivity contribution in [3.05, 3.63) is 125 Å². The number of hydrogen-bond donors (Lipinski definition) is 1. The van der Waals surface area contributed by atoms with E-state index in [1.165, 1.54) is 16.1 Å². The molecule has 0 saturated carbocycles. The zero-order valence-electron chi connectivity index (χ0n) is 21.1. The number of rotatable bonds is 9. The Kier molecular flexibility index (Phi) is 8.36. The average Bonchev–Trinajstić information content (AvgIpc) is 2.92. The molecule has 5 nitrogen and oxygen atoms in total. The van der Waals surface area contributed by atoms with Gasteiger partial charge < -0.3 is 5.32 Å². The van der Waals surface area contributed by atoms with Gasteiger partial charge >= 0.3 is 0 Å². The molecule has 37 heavy (non-hydrogen) atoms. The summed E-state index contributed by atoms with van der Waals surface area (Å²) in [6, 6.07) is 31.0. The summed E-state index contributed by atoms with van der Waals surface area (Å²) in [5.41, 5.74) is 4.38. The second kappa shape index (κ2) is 11.7. The first kappa shape index (κ1) is 26.5. The first-order valence-electron chi connectivity index (χ1n) is 11.9. The van der Waals surface area contributed by atoms with Crippen LogP contribution in [0.15, 0.2) is 113 Å². The van der Waals surface area contributed by atoms with Gasteiger partial charge in [0, 0.05) is 4.90 Å². The van der Waals surface area contributed by atoms with E-state index in [1.54, 1.807) is 36.4 Å². The summed E-state index contributed by atoms with van der Waals surface area (Å²) >= 11 is 1.54. The van der Waals surface area contributed by atoms with Crippen molar-refractivity contribution >= 4 is 33.4 Å². The molecule has 0 bridgehead atoms. The Morgan fingerprint density at radius 3 is 1.89 bits per heavy atom. The van der Waals surface area contributed by atoms with E-state index in [4.69, 9.17) is 0 Å². The maximum Gasteiger partial charge on any atom is 0.264 e. The fourth-order valence-corrected chi connectivity index (χ4v) is 5.83.